The van der Waals surface area contributed by atoms with Crippen LogP contribution in [-0.2, 0) is 0 Å². The minimum absolute atomic E-state index is 0.284. The van der Waals surface area contributed by atoms with Gasteiger partial charge in [0.25, 0.3) is 0 Å². The van der Waals surface area contributed by atoms with Crippen molar-refractivity contribution in [1.82, 2.24) is 0 Å². The molecule has 1 atom stereocenters. The summed E-state index contributed by atoms with van der Waals surface area (Å²) < 4.78 is 26.1. The van der Waals surface area contributed by atoms with Crippen LogP contribution < -0.4 is 5.73 Å². The van der Waals surface area contributed by atoms with Crippen molar-refractivity contribution in [3.8, 4) is 0 Å². The number of halogens is 2. The third-order valence-electron chi connectivity index (χ3n) is 3.23. The number of nitrogens with two attached hydrogens (primary N) is 1. The van der Waals surface area contributed by atoms with Crippen molar-refractivity contribution >= 4 is 0 Å². The highest BCUT2D eigenvalue weighted by Gasteiger charge is 2.25. The highest BCUT2D eigenvalue weighted by Crippen LogP contribution is 2.34. The lowest BCUT2D eigenvalue weighted by Gasteiger charge is -2.19. The zero-order valence-corrected chi connectivity index (χ0v) is 8.55. The predicted molar refractivity (Wildman–Crippen MR) is 55.2 cm³/mol. The summed E-state index contributed by atoms with van der Waals surface area (Å²) in [5, 5.41) is 0. The molecule has 1 aliphatic carbocycles. The summed E-state index contributed by atoms with van der Waals surface area (Å²) >= 11 is 0. The Balaban J connectivity index is 2.20. The first kappa shape index (κ1) is 10.6. The van der Waals surface area contributed by atoms with E-state index in [0.29, 0.717) is 11.5 Å². The lowest BCUT2D eigenvalue weighted by molar-refractivity contribution is 0.427. The van der Waals surface area contributed by atoms with Crippen LogP contribution in [0.5, 0.6) is 0 Å². The van der Waals surface area contributed by atoms with E-state index in [9.17, 15) is 8.78 Å². The molecule has 1 aromatic rings. The first-order valence-electron chi connectivity index (χ1n) is 5.39. The zero-order chi connectivity index (χ0) is 10.8. The van der Waals surface area contributed by atoms with Crippen molar-refractivity contribution in [1.29, 1.82) is 0 Å². The van der Waals surface area contributed by atoms with Crippen molar-refractivity contribution < 1.29 is 8.78 Å². The van der Waals surface area contributed by atoms with Gasteiger partial charge in [-0.3, -0.25) is 0 Å². The standard InChI is InChI=1S/C12H15F2N/c13-9-5-6-10(11(14)7-9)12(15)8-3-1-2-4-8/h5-8,12H,1-4,15H2/t12-/m0/s1. The van der Waals surface area contributed by atoms with Gasteiger partial charge in [-0.25, -0.2) is 8.78 Å². The number of hydrogen-bond acceptors (Lipinski definition) is 1. The van der Waals surface area contributed by atoms with Crippen LogP contribution in [0, 0.1) is 17.6 Å². The SMILES string of the molecule is N[C@H](c1ccc(F)cc1F)C1CCCC1. The predicted octanol–water partition coefficient (Wildman–Crippen LogP) is 3.15. The molecule has 82 valence electrons. The van der Waals surface area contributed by atoms with Gasteiger partial charge in [-0.2, -0.15) is 0 Å². The van der Waals surface area contributed by atoms with E-state index in [0.717, 1.165) is 18.9 Å². The van der Waals surface area contributed by atoms with E-state index in [1.165, 1.54) is 25.0 Å². The Kier molecular flexibility index (Phi) is 3.00. The molecule has 0 heterocycles. The lowest BCUT2D eigenvalue weighted by Crippen LogP contribution is -2.20. The first-order valence-corrected chi connectivity index (χ1v) is 5.39. The molecule has 0 unspecified atom stereocenters. The van der Waals surface area contributed by atoms with Gasteiger partial charge in [-0.15, -0.1) is 0 Å². The van der Waals surface area contributed by atoms with Crippen LogP contribution in [0.4, 0.5) is 8.78 Å². The van der Waals surface area contributed by atoms with Gasteiger partial charge in [0.2, 0.25) is 0 Å². The van der Waals surface area contributed by atoms with Gasteiger partial charge in [0.15, 0.2) is 0 Å². The molecule has 1 fully saturated rings. The maximum atomic E-state index is 13.4. The van der Waals surface area contributed by atoms with Crippen molar-refractivity contribution in [3.05, 3.63) is 35.4 Å². The van der Waals surface area contributed by atoms with Crippen LogP contribution in [-0.4, -0.2) is 0 Å². The molecule has 1 aliphatic rings. The van der Waals surface area contributed by atoms with Gasteiger partial charge in [0, 0.05) is 17.7 Å². The Morgan fingerprint density at radius 2 is 1.87 bits per heavy atom. The summed E-state index contributed by atoms with van der Waals surface area (Å²) in [7, 11) is 0. The van der Waals surface area contributed by atoms with Gasteiger partial charge in [-0.1, -0.05) is 18.9 Å². The van der Waals surface area contributed by atoms with Gasteiger partial charge in [0.05, 0.1) is 0 Å². The smallest absolute Gasteiger partial charge is 0.130 e. The van der Waals surface area contributed by atoms with Crippen LogP contribution in [0.15, 0.2) is 18.2 Å². The maximum Gasteiger partial charge on any atom is 0.130 e. The van der Waals surface area contributed by atoms with Gasteiger partial charge in [0.1, 0.15) is 11.6 Å². The van der Waals surface area contributed by atoms with E-state index in [-0.39, 0.29) is 6.04 Å². The molecule has 0 aliphatic heterocycles. The molecule has 1 nitrogen and oxygen atoms in total. The Bertz CT molecular complexity index is 345. The van der Waals surface area contributed by atoms with E-state index in [1.54, 1.807) is 0 Å². The highest BCUT2D eigenvalue weighted by atomic mass is 19.1. The monoisotopic (exact) mass is 211 g/mol. The molecule has 3 heteroatoms. The summed E-state index contributed by atoms with van der Waals surface area (Å²) in [5.41, 5.74) is 6.44. The Morgan fingerprint density at radius 3 is 2.47 bits per heavy atom. The molecule has 0 saturated heterocycles. The third kappa shape index (κ3) is 2.17. The Labute approximate surface area is 88.3 Å². The number of rotatable bonds is 2. The molecular weight excluding hydrogens is 196 g/mol. The first-order chi connectivity index (χ1) is 7.18. The van der Waals surface area contributed by atoms with Crippen LogP contribution in [0.3, 0.4) is 0 Å². The molecule has 0 amide bonds. The molecule has 15 heavy (non-hydrogen) atoms. The molecule has 0 radical (unpaired) electrons. The van der Waals surface area contributed by atoms with Crippen molar-refractivity contribution in [2.45, 2.75) is 31.7 Å². The van der Waals surface area contributed by atoms with E-state index < -0.39 is 11.6 Å². The summed E-state index contributed by atoms with van der Waals surface area (Å²) in [6.45, 7) is 0. The van der Waals surface area contributed by atoms with E-state index in [2.05, 4.69) is 0 Å². The number of hydrogen-bond donors (Lipinski definition) is 1. The van der Waals surface area contributed by atoms with Gasteiger partial charge < -0.3 is 5.73 Å². The van der Waals surface area contributed by atoms with E-state index in [4.69, 9.17) is 5.73 Å². The summed E-state index contributed by atoms with van der Waals surface area (Å²) in [6, 6.07) is 3.36. The second-order valence-electron chi connectivity index (χ2n) is 4.24. The largest absolute Gasteiger partial charge is 0.324 e. The molecule has 0 bridgehead atoms. The molecule has 0 aromatic heterocycles. The molecule has 2 rings (SSSR count). The molecular formula is C12H15F2N. The minimum atomic E-state index is -0.546. The zero-order valence-electron chi connectivity index (χ0n) is 8.55. The molecule has 1 saturated carbocycles. The van der Waals surface area contributed by atoms with E-state index in [1.807, 2.05) is 0 Å². The van der Waals surface area contributed by atoms with Crippen LogP contribution in [0.1, 0.15) is 37.3 Å². The second-order valence-corrected chi connectivity index (χ2v) is 4.24. The third-order valence-corrected chi connectivity index (χ3v) is 3.23. The maximum absolute atomic E-state index is 13.4. The quantitative estimate of drug-likeness (QED) is 0.799. The van der Waals surface area contributed by atoms with E-state index >= 15 is 0 Å². The van der Waals surface area contributed by atoms with Gasteiger partial charge in [-0.05, 0) is 24.8 Å². The molecule has 0 spiro atoms. The second kappa shape index (κ2) is 4.27. The fourth-order valence-corrected chi connectivity index (χ4v) is 2.34. The average molecular weight is 211 g/mol. The minimum Gasteiger partial charge on any atom is -0.324 e. The highest BCUT2D eigenvalue weighted by molar-refractivity contribution is 5.22. The average Bonchev–Trinajstić information content (AvgIpc) is 2.69. The van der Waals surface area contributed by atoms with Crippen molar-refractivity contribution in [2.24, 2.45) is 11.7 Å². The fraction of sp³-hybridized carbons (Fsp3) is 0.500. The number of benzene rings is 1. The van der Waals surface area contributed by atoms with Crippen molar-refractivity contribution in [3.63, 3.8) is 0 Å². The summed E-state index contributed by atoms with van der Waals surface area (Å²) in [6.07, 6.45) is 4.44. The van der Waals surface area contributed by atoms with Crippen molar-refractivity contribution in [2.75, 3.05) is 0 Å². The summed E-state index contributed by atoms with van der Waals surface area (Å²) in [5.74, 6) is -0.714. The Hall–Kier alpha value is -0.960. The normalized spacial score (nSPS) is 19.4. The Morgan fingerprint density at radius 1 is 1.20 bits per heavy atom. The molecule has 1 aromatic carbocycles. The van der Waals surface area contributed by atoms with Crippen LogP contribution >= 0.6 is 0 Å². The summed E-state index contributed by atoms with van der Waals surface area (Å²) in [4.78, 5) is 0. The topological polar surface area (TPSA) is 26.0 Å². The lowest BCUT2D eigenvalue weighted by atomic mass is 9.92. The van der Waals surface area contributed by atoms with Crippen LogP contribution in [0.25, 0.3) is 0 Å². The molecule has 2 N–H and O–H groups in total. The van der Waals surface area contributed by atoms with Gasteiger partial charge >= 0.3 is 0 Å². The fourth-order valence-electron chi connectivity index (χ4n) is 2.34. The van der Waals surface area contributed by atoms with Crippen LogP contribution in [0.2, 0.25) is 0 Å².